The van der Waals surface area contributed by atoms with Crippen LogP contribution in [0.15, 0.2) is 66.2 Å². The van der Waals surface area contributed by atoms with E-state index < -0.39 is 0 Å². The minimum absolute atomic E-state index is 1.20. The first kappa shape index (κ1) is 9.43. The zero-order valence-corrected chi connectivity index (χ0v) is 9.52. The van der Waals surface area contributed by atoms with Gasteiger partial charge in [-0.15, -0.1) is 11.3 Å². The molecule has 0 aliphatic heterocycles. The molecule has 0 amide bonds. The van der Waals surface area contributed by atoms with E-state index in [1.165, 1.54) is 16.3 Å². The number of para-hydroxylation sites is 1. The maximum atomic E-state index is 2.21. The Labute approximate surface area is 98.6 Å². The lowest BCUT2D eigenvalue weighted by Gasteiger charge is -2.07. The Kier molecular flexibility index (Phi) is 2.35. The largest absolute Gasteiger partial charge is 0.316 e. The molecule has 2 heteroatoms. The van der Waals surface area contributed by atoms with Gasteiger partial charge in [0.1, 0.15) is 0 Å². The molecule has 2 heterocycles. The van der Waals surface area contributed by atoms with Crippen molar-refractivity contribution in [2.24, 2.45) is 0 Å². The second-order valence-electron chi connectivity index (χ2n) is 3.58. The predicted molar refractivity (Wildman–Crippen MR) is 69.1 cm³/mol. The molecule has 1 nitrogen and oxygen atoms in total. The van der Waals surface area contributed by atoms with Crippen molar-refractivity contribution in [3.63, 3.8) is 0 Å². The zero-order chi connectivity index (χ0) is 10.8. The second-order valence-corrected chi connectivity index (χ2v) is 4.52. The van der Waals surface area contributed by atoms with Crippen LogP contribution in [0.3, 0.4) is 0 Å². The lowest BCUT2D eigenvalue weighted by Crippen LogP contribution is -1.92. The quantitative estimate of drug-likeness (QED) is 0.616. The van der Waals surface area contributed by atoms with Crippen molar-refractivity contribution >= 4 is 11.3 Å². The van der Waals surface area contributed by atoms with E-state index >= 15 is 0 Å². The summed E-state index contributed by atoms with van der Waals surface area (Å²) < 4.78 is 2.21. The van der Waals surface area contributed by atoms with Crippen LogP contribution in [0.5, 0.6) is 0 Å². The zero-order valence-electron chi connectivity index (χ0n) is 8.71. The fourth-order valence-electron chi connectivity index (χ4n) is 1.82. The molecule has 0 unspecified atom stereocenters. The Morgan fingerprint density at radius 2 is 1.69 bits per heavy atom. The van der Waals surface area contributed by atoms with E-state index in [2.05, 4.69) is 64.7 Å². The van der Waals surface area contributed by atoms with Gasteiger partial charge in [0, 0.05) is 11.9 Å². The molecule has 0 radical (unpaired) electrons. The van der Waals surface area contributed by atoms with Crippen LogP contribution in [0.25, 0.3) is 16.3 Å². The Balaban J connectivity index is 2.14. The number of nitrogens with zero attached hydrogens (tertiary/aromatic N) is 1. The van der Waals surface area contributed by atoms with E-state index in [-0.39, 0.29) is 0 Å². The normalized spacial score (nSPS) is 10.5. The number of hydrogen-bond acceptors (Lipinski definition) is 1. The lowest BCUT2D eigenvalue weighted by molar-refractivity contribution is 1.09. The smallest absolute Gasteiger partial charge is 0.0628 e. The molecule has 0 N–H and O–H groups in total. The first-order valence-corrected chi connectivity index (χ1v) is 6.10. The number of aromatic nitrogens is 1. The standard InChI is InChI=1S/C14H11NS/c1-2-6-12(7-3-1)15-10-4-8-13(15)14-9-5-11-16-14/h1-11H. The van der Waals surface area contributed by atoms with Crippen LogP contribution in [0.4, 0.5) is 0 Å². The highest BCUT2D eigenvalue weighted by atomic mass is 32.1. The topological polar surface area (TPSA) is 4.93 Å². The minimum Gasteiger partial charge on any atom is -0.316 e. The third kappa shape index (κ3) is 1.57. The molecule has 0 fully saturated rings. The van der Waals surface area contributed by atoms with Gasteiger partial charge in [0.25, 0.3) is 0 Å². The van der Waals surface area contributed by atoms with E-state index in [1.807, 2.05) is 6.07 Å². The molecule has 0 atom stereocenters. The van der Waals surface area contributed by atoms with E-state index in [1.54, 1.807) is 11.3 Å². The van der Waals surface area contributed by atoms with Crippen LogP contribution >= 0.6 is 11.3 Å². The van der Waals surface area contributed by atoms with Gasteiger partial charge in [-0.3, -0.25) is 0 Å². The summed E-state index contributed by atoms with van der Waals surface area (Å²) in [6.45, 7) is 0. The van der Waals surface area contributed by atoms with Gasteiger partial charge >= 0.3 is 0 Å². The first-order chi connectivity index (χ1) is 7.95. The van der Waals surface area contributed by atoms with Gasteiger partial charge in [0.05, 0.1) is 10.6 Å². The fourth-order valence-corrected chi connectivity index (χ4v) is 2.57. The van der Waals surface area contributed by atoms with Crippen molar-refractivity contribution < 1.29 is 0 Å². The molecule has 78 valence electrons. The molecular weight excluding hydrogens is 214 g/mol. The molecule has 0 aliphatic rings. The summed E-state index contributed by atoms with van der Waals surface area (Å²) >= 11 is 1.77. The van der Waals surface area contributed by atoms with E-state index in [0.29, 0.717) is 0 Å². The monoisotopic (exact) mass is 225 g/mol. The van der Waals surface area contributed by atoms with Gasteiger partial charge in [0.15, 0.2) is 0 Å². The summed E-state index contributed by atoms with van der Waals surface area (Å²) in [4.78, 5) is 1.30. The maximum absolute atomic E-state index is 2.21. The van der Waals surface area contributed by atoms with E-state index in [4.69, 9.17) is 0 Å². The van der Waals surface area contributed by atoms with Crippen molar-refractivity contribution in [2.45, 2.75) is 0 Å². The van der Waals surface area contributed by atoms with Crippen LogP contribution in [-0.4, -0.2) is 4.57 Å². The molecule has 3 rings (SSSR count). The molecule has 0 aliphatic carbocycles. The van der Waals surface area contributed by atoms with Crippen molar-refractivity contribution in [1.82, 2.24) is 4.57 Å². The van der Waals surface area contributed by atoms with Crippen LogP contribution in [-0.2, 0) is 0 Å². The molecule has 0 spiro atoms. The van der Waals surface area contributed by atoms with E-state index in [0.717, 1.165) is 0 Å². The van der Waals surface area contributed by atoms with Crippen LogP contribution in [0.2, 0.25) is 0 Å². The average molecular weight is 225 g/mol. The number of thiophene rings is 1. The lowest BCUT2D eigenvalue weighted by atomic mass is 10.3. The van der Waals surface area contributed by atoms with Crippen LogP contribution in [0.1, 0.15) is 0 Å². The summed E-state index contributed by atoms with van der Waals surface area (Å²) in [5.74, 6) is 0. The van der Waals surface area contributed by atoms with Gasteiger partial charge < -0.3 is 4.57 Å². The highest BCUT2D eigenvalue weighted by Crippen LogP contribution is 2.27. The highest BCUT2D eigenvalue weighted by Gasteiger charge is 2.05. The van der Waals surface area contributed by atoms with Crippen LogP contribution < -0.4 is 0 Å². The molecular formula is C14H11NS. The first-order valence-electron chi connectivity index (χ1n) is 5.22. The predicted octanol–water partition coefficient (Wildman–Crippen LogP) is 4.21. The minimum atomic E-state index is 1.20. The Morgan fingerprint density at radius 3 is 2.44 bits per heavy atom. The summed E-state index contributed by atoms with van der Waals surface area (Å²) in [5, 5.41) is 2.11. The summed E-state index contributed by atoms with van der Waals surface area (Å²) in [5.41, 5.74) is 2.46. The van der Waals surface area contributed by atoms with E-state index in [9.17, 15) is 0 Å². The van der Waals surface area contributed by atoms with Crippen molar-refractivity contribution in [3.8, 4) is 16.3 Å². The summed E-state index contributed by atoms with van der Waals surface area (Å²) in [6.07, 6.45) is 2.10. The number of hydrogen-bond donors (Lipinski definition) is 0. The Hall–Kier alpha value is -1.80. The highest BCUT2D eigenvalue weighted by molar-refractivity contribution is 7.13. The fraction of sp³-hybridized carbons (Fsp3) is 0. The molecule has 0 saturated carbocycles. The molecule has 0 bridgehead atoms. The molecule has 1 aromatic carbocycles. The van der Waals surface area contributed by atoms with Gasteiger partial charge in [-0.1, -0.05) is 24.3 Å². The maximum Gasteiger partial charge on any atom is 0.0628 e. The molecule has 3 aromatic rings. The summed E-state index contributed by atoms with van der Waals surface area (Å²) in [7, 11) is 0. The summed E-state index contributed by atoms with van der Waals surface area (Å²) in [6, 6.07) is 18.9. The van der Waals surface area contributed by atoms with Gasteiger partial charge in [-0.05, 0) is 35.7 Å². The van der Waals surface area contributed by atoms with Gasteiger partial charge in [-0.25, -0.2) is 0 Å². The number of benzene rings is 1. The Bertz CT molecular complexity index is 564. The average Bonchev–Trinajstić information content (AvgIpc) is 3.01. The van der Waals surface area contributed by atoms with Gasteiger partial charge in [0.2, 0.25) is 0 Å². The van der Waals surface area contributed by atoms with Crippen molar-refractivity contribution in [3.05, 3.63) is 66.2 Å². The van der Waals surface area contributed by atoms with Crippen LogP contribution in [0, 0.1) is 0 Å². The van der Waals surface area contributed by atoms with Gasteiger partial charge in [-0.2, -0.15) is 0 Å². The molecule has 2 aromatic heterocycles. The van der Waals surface area contributed by atoms with Crippen molar-refractivity contribution in [1.29, 1.82) is 0 Å². The second kappa shape index (κ2) is 3.99. The van der Waals surface area contributed by atoms with Crippen molar-refractivity contribution in [2.75, 3.05) is 0 Å². The third-order valence-electron chi connectivity index (χ3n) is 2.56. The SMILES string of the molecule is c1ccc(-n2cccc2-c2cccs2)cc1. The number of rotatable bonds is 2. The third-order valence-corrected chi connectivity index (χ3v) is 3.45. The molecule has 16 heavy (non-hydrogen) atoms. The Morgan fingerprint density at radius 1 is 0.812 bits per heavy atom. The molecule has 0 saturated heterocycles.